The van der Waals surface area contributed by atoms with E-state index in [0.717, 1.165) is 5.57 Å². The number of urea groups is 1. The predicted octanol–water partition coefficient (Wildman–Crippen LogP) is 4.69. The van der Waals surface area contributed by atoms with Gasteiger partial charge in [-0.2, -0.15) is 4.90 Å². The zero-order valence-electron chi connectivity index (χ0n) is 25.1. The lowest BCUT2D eigenvalue weighted by Gasteiger charge is -2.55. The third-order valence-electron chi connectivity index (χ3n) is 10.2. The maximum Gasteiger partial charge on any atom is 0.328 e. The smallest absolute Gasteiger partial charge is 0.328 e. The Labute approximate surface area is 265 Å². The lowest BCUT2D eigenvalue weighted by atomic mass is 9.44. The normalized spacial score (nSPS) is 28.5. The van der Waals surface area contributed by atoms with E-state index in [0.29, 0.717) is 21.6 Å². The lowest BCUT2D eigenvalue weighted by Crippen LogP contribution is -2.58. The Balaban J connectivity index is 1.52. The summed E-state index contributed by atoms with van der Waals surface area (Å²) in [4.78, 5) is 69.6. The van der Waals surface area contributed by atoms with Crippen molar-refractivity contribution in [1.82, 2.24) is 4.90 Å². The third-order valence-corrected chi connectivity index (χ3v) is 10.2. The summed E-state index contributed by atoms with van der Waals surface area (Å²) in [5, 5.41) is 10.6. The second kappa shape index (κ2) is 10.9. The number of fused-ring (bicyclic) bond motifs is 4. The molecule has 4 amide bonds. The number of nitrogens with zero attached hydrogens (tertiary/aromatic N) is 1. The van der Waals surface area contributed by atoms with Crippen molar-refractivity contribution in [3.63, 3.8) is 0 Å². The first kappa shape index (κ1) is 29.4. The molecule has 3 aromatic carbocycles. The topological polar surface area (TPSA) is 144 Å². The highest BCUT2D eigenvalue weighted by Crippen LogP contribution is 2.63. The summed E-state index contributed by atoms with van der Waals surface area (Å²) in [6.45, 7) is 2.07. The van der Waals surface area contributed by atoms with Crippen LogP contribution in [0.3, 0.4) is 0 Å². The fourth-order valence-corrected chi connectivity index (χ4v) is 8.45. The van der Waals surface area contributed by atoms with E-state index in [-0.39, 0.29) is 48.1 Å². The monoisotopic (exact) mass is 616 g/mol. The second-order valence-electron chi connectivity index (χ2n) is 12.3. The Morgan fingerprint density at radius 2 is 1.65 bits per heavy atom. The minimum atomic E-state index is -1.42. The number of hydrogen-bond acceptors (Lipinski definition) is 7. The van der Waals surface area contributed by atoms with Crippen molar-refractivity contribution in [2.45, 2.75) is 31.1 Å². The zero-order valence-corrected chi connectivity index (χ0v) is 25.1. The van der Waals surface area contributed by atoms with Crippen LogP contribution in [0.1, 0.15) is 42.4 Å². The maximum atomic E-state index is 15.0. The molecule has 2 fully saturated rings. The molecule has 232 valence electrons. The summed E-state index contributed by atoms with van der Waals surface area (Å²) in [5.41, 5.74) is 6.97. The van der Waals surface area contributed by atoms with Gasteiger partial charge in [-0.25, -0.2) is 4.79 Å². The number of hydrogen-bond donors (Lipinski definition) is 2. The predicted molar refractivity (Wildman–Crippen MR) is 167 cm³/mol. The van der Waals surface area contributed by atoms with Gasteiger partial charge in [-0.1, -0.05) is 78.4 Å². The number of phenolic OH excluding ortho intramolecular Hbond substituents is 1. The third kappa shape index (κ3) is 4.11. The van der Waals surface area contributed by atoms with Crippen LogP contribution in [0.5, 0.6) is 11.5 Å². The molecule has 3 aliphatic carbocycles. The molecule has 6 atom stereocenters. The first-order chi connectivity index (χ1) is 22.2. The van der Waals surface area contributed by atoms with Gasteiger partial charge >= 0.3 is 6.03 Å². The van der Waals surface area contributed by atoms with Crippen LogP contribution in [0.15, 0.2) is 96.6 Å². The molecule has 9 heteroatoms. The van der Waals surface area contributed by atoms with Crippen LogP contribution in [0.25, 0.3) is 5.57 Å². The SMILES string of the molecule is CCOc1cc([C@H]2C3=CC[C@@H]4C(=O)N(C(N)=O)C(=O)[C@@H]4[C@@H]3C[C@H]3C(=O)C(c4ccccc4)=CC(=O)[C@@]23c2ccccc2)ccc1O. The van der Waals surface area contributed by atoms with Crippen LogP contribution in [0, 0.1) is 23.7 Å². The molecular formula is C37H32N2O7. The van der Waals surface area contributed by atoms with E-state index in [9.17, 15) is 29.1 Å². The number of rotatable bonds is 5. The van der Waals surface area contributed by atoms with Gasteiger partial charge in [-0.05, 0) is 60.6 Å². The van der Waals surface area contributed by atoms with Gasteiger partial charge in [0, 0.05) is 17.4 Å². The number of carbonyl (C=O) groups excluding carboxylic acids is 5. The molecule has 0 bridgehead atoms. The Morgan fingerprint density at radius 1 is 0.957 bits per heavy atom. The average Bonchev–Trinajstić information content (AvgIpc) is 3.33. The van der Waals surface area contributed by atoms with Crippen molar-refractivity contribution in [2.24, 2.45) is 29.4 Å². The van der Waals surface area contributed by atoms with Crippen LogP contribution in [0.2, 0.25) is 0 Å². The number of phenols is 1. The average molecular weight is 617 g/mol. The number of aromatic hydroxyl groups is 1. The molecule has 4 aliphatic rings. The number of allylic oxidation sites excluding steroid dienone is 4. The van der Waals surface area contributed by atoms with Crippen LogP contribution in [0.4, 0.5) is 4.79 Å². The Kier molecular flexibility index (Phi) is 6.99. The van der Waals surface area contributed by atoms with Gasteiger partial charge in [-0.3, -0.25) is 19.2 Å². The van der Waals surface area contributed by atoms with Crippen LogP contribution < -0.4 is 10.5 Å². The van der Waals surface area contributed by atoms with Crippen molar-refractivity contribution >= 4 is 35.0 Å². The van der Waals surface area contributed by atoms with E-state index in [1.807, 2.05) is 42.5 Å². The van der Waals surface area contributed by atoms with Crippen molar-refractivity contribution in [3.8, 4) is 11.5 Å². The lowest BCUT2D eigenvalue weighted by molar-refractivity contribution is -0.137. The fraction of sp³-hybridized carbons (Fsp3) is 0.270. The molecule has 1 heterocycles. The number of ether oxygens (including phenoxy) is 1. The minimum Gasteiger partial charge on any atom is -0.504 e. The Bertz CT molecular complexity index is 1860. The highest BCUT2D eigenvalue weighted by molar-refractivity contribution is 6.31. The van der Waals surface area contributed by atoms with Gasteiger partial charge in [0.05, 0.1) is 23.9 Å². The fourth-order valence-electron chi connectivity index (χ4n) is 8.45. The van der Waals surface area contributed by atoms with Gasteiger partial charge in [0.2, 0.25) is 11.8 Å². The number of ketones is 2. The van der Waals surface area contributed by atoms with E-state index >= 15 is 0 Å². The molecule has 1 saturated carbocycles. The maximum absolute atomic E-state index is 15.0. The molecule has 9 nitrogen and oxygen atoms in total. The van der Waals surface area contributed by atoms with Crippen molar-refractivity contribution in [2.75, 3.05) is 6.61 Å². The summed E-state index contributed by atoms with van der Waals surface area (Å²) in [7, 11) is 0. The van der Waals surface area contributed by atoms with Crippen molar-refractivity contribution in [1.29, 1.82) is 0 Å². The van der Waals surface area contributed by atoms with Gasteiger partial charge < -0.3 is 15.6 Å². The molecule has 46 heavy (non-hydrogen) atoms. The quantitative estimate of drug-likeness (QED) is 0.313. The van der Waals surface area contributed by atoms with Gasteiger partial charge in [0.25, 0.3) is 0 Å². The van der Waals surface area contributed by atoms with E-state index in [1.165, 1.54) is 12.1 Å². The van der Waals surface area contributed by atoms with Gasteiger partial charge in [0.1, 0.15) is 0 Å². The molecule has 1 aliphatic heterocycles. The van der Waals surface area contributed by atoms with Crippen LogP contribution in [-0.2, 0) is 24.6 Å². The van der Waals surface area contributed by atoms with E-state index in [1.54, 1.807) is 43.3 Å². The van der Waals surface area contributed by atoms with E-state index in [4.69, 9.17) is 10.5 Å². The molecule has 0 radical (unpaired) electrons. The van der Waals surface area contributed by atoms with Gasteiger partial charge in [-0.15, -0.1) is 0 Å². The van der Waals surface area contributed by atoms with Gasteiger partial charge in [0.15, 0.2) is 23.1 Å². The highest BCUT2D eigenvalue weighted by Gasteiger charge is 2.66. The molecular weight excluding hydrogens is 584 g/mol. The first-order valence-electron chi connectivity index (χ1n) is 15.4. The number of carbonyl (C=O) groups is 5. The van der Waals surface area contributed by atoms with Crippen LogP contribution >= 0.6 is 0 Å². The molecule has 1 saturated heterocycles. The number of imide groups is 3. The molecule has 7 rings (SSSR count). The molecule has 3 N–H and O–H groups in total. The van der Waals surface area contributed by atoms with Crippen molar-refractivity contribution in [3.05, 3.63) is 113 Å². The van der Waals surface area contributed by atoms with Crippen LogP contribution in [-0.4, -0.2) is 46.0 Å². The highest BCUT2D eigenvalue weighted by atomic mass is 16.5. The summed E-state index contributed by atoms with van der Waals surface area (Å²) in [5.74, 6) is -5.75. The molecule has 0 spiro atoms. The van der Waals surface area contributed by atoms with E-state index < -0.39 is 52.8 Å². The Morgan fingerprint density at radius 3 is 2.33 bits per heavy atom. The summed E-state index contributed by atoms with van der Waals surface area (Å²) >= 11 is 0. The molecule has 0 aromatic heterocycles. The minimum absolute atomic E-state index is 0.0769. The number of benzene rings is 3. The number of amides is 4. The number of likely N-dealkylation sites (tertiary alicyclic amines) is 1. The number of primary amides is 1. The summed E-state index contributed by atoms with van der Waals surface area (Å²) in [6.07, 6.45) is 3.62. The number of nitrogens with two attached hydrogens (primary N) is 1. The molecule has 0 unspecified atom stereocenters. The summed E-state index contributed by atoms with van der Waals surface area (Å²) in [6, 6.07) is 22.0. The zero-order chi connectivity index (χ0) is 32.3. The van der Waals surface area contributed by atoms with Crippen molar-refractivity contribution < 1.29 is 33.8 Å². The second-order valence-corrected chi connectivity index (χ2v) is 12.3. The standard InChI is InChI=1S/C37H32N2O7/c1-2-46-29-17-21(13-16-28(29)40)32-23-14-15-24-31(35(44)39(34(24)43)36(38)45)26(23)18-27-33(42)25(20-9-5-3-6-10-20)19-30(41)37(27,32)22-11-7-4-8-12-22/h3-14,16-17,19,24,26-27,31-32,40H,2,15,18H2,1H3,(H2,38,45)/t24-,26+,27-,31-,32-,37-/m0/s1. The Hall–Kier alpha value is -5.31. The van der Waals surface area contributed by atoms with E-state index in [2.05, 4.69) is 0 Å². The largest absolute Gasteiger partial charge is 0.504 e. The first-order valence-corrected chi connectivity index (χ1v) is 15.4. The molecule has 3 aromatic rings. The number of Topliss-reactive ketones (excluding diaryl/α,β-unsaturated/α-hetero) is 1. The summed E-state index contributed by atoms with van der Waals surface area (Å²) < 4.78 is 5.75.